The Bertz CT molecular complexity index is 833. The fourth-order valence-electron chi connectivity index (χ4n) is 2.07. The highest BCUT2D eigenvalue weighted by Gasteiger charge is 2.15. The van der Waals surface area contributed by atoms with Crippen molar-refractivity contribution in [3.8, 4) is 0 Å². The van der Waals surface area contributed by atoms with E-state index in [4.69, 9.17) is 11.6 Å². The summed E-state index contributed by atoms with van der Waals surface area (Å²) >= 11 is 5.89. The number of sulfonamides is 1. The van der Waals surface area contributed by atoms with E-state index in [1.165, 1.54) is 12.1 Å². The number of hydrogen-bond acceptors (Lipinski definition) is 3. The van der Waals surface area contributed by atoms with Crippen LogP contribution in [0.25, 0.3) is 0 Å². The lowest BCUT2D eigenvalue weighted by atomic mass is 10.2. The van der Waals surface area contributed by atoms with E-state index >= 15 is 0 Å². The van der Waals surface area contributed by atoms with Crippen LogP contribution >= 0.6 is 11.6 Å². The molecule has 0 saturated carbocycles. The Hall–Kier alpha value is -1.89. The van der Waals surface area contributed by atoms with Gasteiger partial charge in [0.15, 0.2) is 0 Å². The van der Waals surface area contributed by atoms with E-state index in [1.54, 1.807) is 30.3 Å². The number of benzene rings is 2. The lowest BCUT2D eigenvalue weighted by Gasteiger charge is -2.10. The Morgan fingerprint density at radius 1 is 1.12 bits per heavy atom. The number of aryl methyl sites for hydroxylation is 2. The summed E-state index contributed by atoms with van der Waals surface area (Å²) in [5.41, 5.74) is 2.44. The number of nitrogens with one attached hydrogen (secondary N) is 2. The summed E-state index contributed by atoms with van der Waals surface area (Å²) in [5, 5.41) is 3.14. The second kappa shape index (κ2) is 7.79. The molecule has 0 atom stereocenters. The molecule has 5 nitrogen and oxygen atoms in total. The lowest BCUT2D eigenvalue weighted by molar-refractivity contribution is -0.115. The van der Waals surface area contributed by atoms with Gasteiger partial charge in [-0.3, -0.25) is 4.79 Å². The standard InChI is InChI=1S/C17H19ClN2O3S/c1-3-13-5-8-15(9-6-13)24(22,23)19-11-17(21)20-16-10-14(18)7-4-12(16)2/h4-10,19H,3,11H2,1-2H3,(H,20,21). The number of halogens is 1. The van der Waals surface area contributed by atoms with Crippen molar-refractivity contribution in [2.45, 2.75) is 25.2 Å². The first kappa shape index (κ1) is 18.4. The monoisotopic (exact) mass is 366 g/mol. The van der Waals surface area contributed by atoms with Crippen LogP contribution in [-0.4, -0.2) is 20.9 Å². The summed E-state index contributed by atoms with van der Waals surface area (Å²) < 4.78 is 26.7. The maximum atomic E-state index is 12.2. The number of rotatable bonds is 6. The van der Waals surface area contributed by atoms with Gasteiger partial charge < -0.3 is 5.32 Å². The molecule has 0 aliphatic heterocycles. The van der Waals surface area contributed by atoms with Gasteiger partial charge in [0.2, 0.25) is 15.9 Å². The highest BCUT2D eigenvalue weighted by Crippen LogP contribution is 2.20. The lowest BCUT2D eigenvalue weighted by Crippen LogP contribution is -2.33. The predicted octanol–water partition coefficient (Wildman–Crippen LogP) is 3.13. The molecule has 0 saturated heterocycles. The molecule has 0 aliphatic rings. The largest absolute Gasteiger partial charge is 0.325 e. The number of hydrogen-bond donors (Lipinski definition) is 2. The summed E-state index contributed by atoms with van der Waals surface area (Å²) in [4.78, 5) is 12.1. The van der Waals surface area contributed by atoms with Gasteiger partial charge in [0.1, 0.15) is 0 Å². The van der Waals surface area contributed by atoms with E-state index in [1.807, 2.05) is 13.8 Å². The Labute approximate surface area is 147 Å². The first-order valence-corrected chi connectivity index (χ1v) is 9.32. The first-order valence-electron chi connectivity index (χ1n) is 7.46. The van der Waals surface area contributed by atoms with E-state index in [-0.39, 0.29) is 11.4 Å². The summed E-state index contributed by atoms with van der Waals surface area (Å²) in [6.07, 6.45) is 0.829. The molecule has 0 fully saturated rings. The number of anilines is 1. The fourth-order valence-corrected chi connectivity index (χ4v) is 3.23. The van der Waals surface area contributed by atoms with Crippen LogP contribution in [0.5, 0.6) is 0 Å². The van der Waals surface area contributed by atoms with Gasteiger partial charge in [-0.15, -0.1) is 0 Å². The smallest absolute Gasteiger partial charge is 0.241 e. The van der Waals surface area contributed by atoms with Crippen LogP contribution in [0.2, 0.25) is 5.02 Å². The van der Waals surface area contributed by atoms with Gasteiger partial charge in [-0.25, -0.2) is 13.1 Å². The van der Waals surface area contributed by atoms with Crippen molar-refractivity contribution in [1.29, 1.82) is 0 Å². The van der Waals surface area contributed by atoms with E-state index in [2.05, 4.69) is 10.0 Å². The third kappa shape index (κ3) is 4.80. The van der Waals surface area contributed by atoms with Crippen molar-refractivity contribution < 1.29 is 13.2 Å². The highest BCUT2D eigenvalue weighted by molar-refractivity contribution is 7.89. The molecule has 0 bridgehead atoms. The quantitative estimate of drug-likeness (QED) is 0.824. The molecule has 0 aromatic heterocycles. The normalized spacial score (nSPS) is 11.3. The maximum absolute atomic E-state index is 12.2. The van der Waals surface area contributed by atoms with Crippen LogP contribution in [0.15, 0.2) is 47.4 Å². The van der Waals surface area contributed by atoms with Crippen molar-refractivity contribution >= 4 is 33.2 Å². The SMILES string of the molecule is CCc1ccc(S(=O)(=O)NCC(=O)Nc2cc(Cl)ccc2C)cc1. The molecule has 2 N–H and O–H groups in total. The van der Waals surface area contributed by atoms with Gasteiger partial charge in [-0.2, -0.15) is 0 Å². The zero-order chi connectivity index (χ0) is 17.7. The number of amides is 1. The molecule has 24 heavy (non-hydrogen) atoms. The van der Waals surface area contributed by atoms with Crippen molar-refractivity contribution in [1.82, 2.24) is 4.72 Å². The van der Waals surface area contributed by atoms with Gasteiger partial charge in [-0.05, 0) is 48.7 Å². The van der Waals surface area contributed by atoms with Gasteiger partial charge in [0, 0.05) is 10.7 Å². The van der Waals surface area contributed by atoms with E-state index < -0.39 is 15.9 Å². The predicted molar refractivity (Wildman–Crippen MR) is 95.8 cm³/mol. The molecule has 0 heterocycles. The first-order chi connectivity index (χ1) is 11.3. The Balaban J connectivity index is 2.00. The topological polar surface area (TPSA) is 75.3 Å². The summed E-state index contributed by atoms with van der Waals surface area (Å²) in [7, 11) is -3.73. The second-order valence-corrected chi connectivity index (χ2v) is 7.53. The van der Waals surface area contributed by atoms with Crippen molar-refractivity contribution in [3.63, 3.8) is 0 Å². The van der Waals surface area contributed by atoms with Gasteiger partial charge in [-0.1, -0.05) is 36.7 Å². The minimum absolute atomic E-state index is 0.131. The third-order valence-corrected chi connectivity index (χ3v) is 5.19. The van der Waals surface area contributed by atoms with E-state index in [0.29, 0.717) is 10.7 Å². The van der Waals surface area contributed by atoms with Gasteiger partial charge >= 0.3 is 0 Å². The van der Waals surface area contributed by atoms with Crippen LogP contribution < -0.4 is 10.0 Å². The van der Waals surface area contributed by atoms with E-state index in [0.717, 1.165) is 17.5 Å². The average molecular weight is 367 g/mol. The minimum Gasteiger partial charge on any atom is -0.325 e. The molecule has 2 aromatic carbocycles. The molecule has 0 aliphatic carbocycles. The Morgan fingerprint density at radius 3 is 2.42 bits per heavy atom. The molecule has 0 spiro atoms. The van der Waals surface area contributed by atoms with Crippen molar-refractivity contribution in [3.05, 3.63) is 58.6 Å². The van der Waals surface area contributed by atoms with Crippen molar-refractivity contribution in [2.75, 3.05) is 11.9 Å². The second-order valence-electron chi connectivity index (χ2n) is 5.33. The van der Waals surface area contributed by atoms with Crippen LogP contribution in [-0.2, 0) is 21.2 Å². The molecule has 0 unspecified atom stereocenters. The molecule has 7 heteroatoms. The zero-order valence-corrected chi connectivity index (χ0v) is 15.0. The zero-order valence-electron chi connectivity index (χ0n) is 13.5. The summed E-state index contributed by atoms with van der Waals surface area (Å²) in [6.45, 7) is 3.46. The molecule has 1 amide bonds. The average Bonchev–Trinajstić information content (AvgIpc) is 2.56. The summed E-state index contributed by atoms with van der Waals surface area (Å²) in [6, 6.07) is 11.7. The van der Waals surface area contributed by atoms with Crippen LogP contribution in [0.1, 0.15) is 18.1 Å². The number of carbonyl (C=O) groups is 1. The molecule has 0 radical (unpaired) electrons. The molecule has 128 valence electrons. The third-order valence-electron chi connectivity index (χ3n) is 3.54. The van der Waals surface area contributed by atoms with E-state index in [9.17, 15) is 13.2 Å². The summed E-state index contributed by atoms with van der Waals surface area (Å²) in [5.74, 6) is -0.464. The highest BCUT2D eigenvalue weighted by atomic mass is 35.5. The Morgan fingerprint density at radius 2 is 1.79 bits per heavy atom. The van der Waals surface area contributed by atoms with Crippen molar-refractivity contribution in [2.24, 2.45) is 0 Å². The Kier molecular flexibility index (Phi) is 5.99. The minimum atomic E-state index is -3.73. The van der Waals surface area contributed by atoms with Crippen LogP contribution in [0.3, 0.4) is 0 Å². The van der Waals surface area contributed by atoms with Crippen LogP contribution in [0.4, 0.5) is 5.69 Å². The van der Waals surface area contributed by atoms with Gasteiger partial charge in [0.05, 0.1) is 11.4 Å². The molecular formula is C17H19ClN2O3S. The molecule has 2 aromatic rings. The van der Waals surface area contributed by atoms with Gasteiger partial charge in [0.25, 0.3) is 0 Å². The molecular weight excluding hydrogens is 348 g/mol. The maximum Gasteiger partial charge on any atom is 0.241 e. The molecule has 2 rings (SSSR count). The van der Waals surface area contributed by atoms with Crippen LogP contribution in [0, 0.1) is 6.92 Å². The fraction of sp³-hybridized carbons (Fsp3) is 0.235. The number of carbonyl (C=O) groups excluding carboxylic acids is 1.